The molecule has 1 aromatic carbocycles. The fourth-order valence-corrected chi connectivity index (χ4v) is 5.93. The van der Waals surface area contributed by atoms with E-state index in [0.29, 0.717) is 54.9 Å². The molecule has 0 aliphatic carbocycles. The number of aromatic nitrogens is 4. The molecule has 222 valence electrons. The summed E-state index contributed by atoms with van der Waals surface area (Å²) >= 11 is 6.80. The van der Waals surface area contributed by atoms with E-state index in [-0.39, 0.29) is 45.4 Å². The first-order valence-corrected chi connectivity index (χ1v) is 14.5. The molecule has 0 spiro atoms. The maximum atomic E-state index is 15.2. The predicted octanol–water partition coefficient (Wildman–Crippen LogP) is 5.49. The van der Waals surface area contributed by atoms with Crippen molar-refractivity contribution in [1.29, 1.82) is 0 Å². The molecule has 5 rings (SSSR count). The van der Waals surface area contributed by atoms with E-state index in [2.05, 4.69) is 16.5 Å². The molecule has 0 saturated carbocycles. The van der Waals surface area contributed by atoms with Crippen LogP contribution < -0.4 is 10.6 Å². The standard InChI is InChI=1S/C32H32ClFN6O3/c1-6-21-16-38(25(42)7-2)13-14-39(21)30-22-15-23(33)28(26-20(17-41)9-8-10-24(26)34)36-31(22)40(32(43)37-30)29-19(5)11-12-35-27(29)18(3)4/h7-12,15,17-18,21H,2,6,13-14,16H2,1,3-5H3/t21-/m0/s1. The fraction of sp³-hybridized carbons (Fsp3) is 0.312. The molecule has 0 N–H and O–H groups in total. The molecule has 4 heterocycles. The molecule has 3 aromatic heterocycles. The van der Waals surface area contributed by atoms with Gasteiger partial charge >= 0.3 is 5.69 Å². The Morgan fingerprint density at radius 1 is 1.23 bits per heavy atom. The zero-order valence-corrected chi connectivity index (χ0v) is 25.2. The minimum absolute atomic E-state index is 0.0285. The Morgan fingerprint density at radius 2 is 2.00 bits per heavy atom. The van der Waals surface area contributed by atoms with Crippen LogP contribution >= 0.6 is 11.6 Å². The van der Waals surface area contributed by atoms with Crippen LogP contribution in [0.4, 0.5) is 10.2 Å². The highest BCUT2D eigenvalue weighted by atomic mass is 35.5. The molecule has 9 nitrogen and oxygen atoms in total. The van der Waals surface area contributed by atoms with E-state index in [4.69, 9.17) is 16.6 Å². The van der Waals surface area contributed by atoms with Gasteiger partial charge in [0.2, 0.25) is 5.91 Å². The van der Waals surface area contributed by atoms with Crippen molar-refractivity contribution in [2.75, 3.05) is 24.5 Å². The number of aldehydes is 1. The number of nitrogens with zero attached hydrogens (tertiary/aromatic N) is 6. The highest BCUT2D eigenvalue weighted by molar-refractivity contribution is 6.34. The van der Waals surface area contributed by atoms with Crippen LogP contribution in [-0.4, -0.2) is 62.3 Å². The van der Waals surface area contributed by atoms with Crippen molar-refractivity contribution < 1.29 is 14.0 Å². The first kappa shape index (κ1) is 30.0. The van der Waals surface area contributed by atoms with Crippen LogP contribution in [0.1, 0.15) is 54.7 Å². The molecule has 1 aliphatic heterocycles. The number of hydrogen-bond acceptors (Lipinski definition) is 7. The lowest BCUT2D eigenvalue weighted by molar-refractivity contribution is -0.126. The summed E-state index contributed by atoms with van der Waals surface area (Å²) in [5.41, 5.74) is 1.63. The molecular weight excluding hydrogens is 571 g/mol. The largest absolute Gasteiger partial charge is 0.355 e. The SMILES string of the molecule is C=CC(=O)N1CCN(c2nc(=O)n(-c3c(C)ccnc3C(C)C)c3nc(-c4c(F)cccc4C=O)c(Cl)cc23)[C@@H](CC)C1. The van der Waals surface area contributed by atoms with Crippen molar-refractivity contribution in [3.8, 4) is 16.9 Å². The van der Waals surface area contributed by atoms with Crippen LogP contribution in [0.15, 0.2) is 54.0 Å². The van der Waals surface area contributed by atoms with Gasteiger partial charge < -0.3 is 9.80 Å². The van der Waals surface area contributed by atoms with E-state index in [9.17, 15) is 14.4 Å². The van der Waals surface area contributed by atoms with Crippen LogP contribution in [-0.2, 0) is 4.79 Å². The molecule has 1 atom stereocenters. The maximum absolute atomic E-state index is 15.2. The highest BCUT2D eigenvalue weighted by Crippen LogP contribution is 2.37. The van der Waals surface area contributed by atoms with Crippen LogP contribution in [0, 0.1) is 12.7 Å². The van der Waals surface area contributed by atoms with Crippen molar-refractivity contribution >= 4 is 40.6 Å². The number of halogens is 2. The molecule has 1 saturated heterocycles. The molecular formula is C32H32ClFN6O3. The van der Waals surface area contributed by atoms with Gasteiger partial charge in [-0.25, -0.2) is 18.7 Å². The van der Waals surface area contributed by atoms with E-state index in [1.807, 2.05) is 32.6 Å². The monoisotopic (exact) mass is 602 g/mol. The fourth-order valence-electron chi connectivity index (χ4n) is 5.69. The molecule has 1 amide bonds. The number of anilines is 1. The van der Waals surface area contributed by atoms with Crippen LogP contribution in [0.5, 0.6) is 0 Å². The molecule has 1 fully saturated rings. The third kappa shape index (κ3) is 5.31. The summed E-state index contributed by atoms with van der Waals surface area (Å²) in [7, 11) is 0. The zero-order valence-electron chi connectivity index (χ0n) is 24.5. The second-order valence-corrected chi connectivity index (χ2v) is 11.2. The van der Waals surface area contributed by atoms with Crippen molar-refractivity contribution in [3.63, 3.8) is 0 Å². The van der Waals surface area contributed by atoms with Crippen molar-refractivity contribution in [2.45, 2.75) is 46.1 Å². The zero-order chi connectivity index (χ0) is 31.0. The predicted molar refractivity (Wildman–Crippen MR) is 166 cm³/mol. The first-order chi connectivity index (χ1) is 20.6. The van der Waals surface area contributed by atoms with Gasteiger partial charge in [-0.1, -0.05) is 51.1 Å². The van der Waals surface area contributed by atoms with Gasteiger partial charge in [0.15, 0.2) is 11.9 Å². The number of carbonyl (C=O) groups is 2. The number of aryl methyl sites for hydroxylation is 1. The third-order valence-electron chi connectivity index (χ3n) is 7.85. The summed E-state index contributed by atoms with van der Waals surface area (Å²) < 4.78 is 16.6. The Morgan fingerprint density at radius 3 is 2.67 bits per heavy atom. The Hall–Kier alpha value is -4.44. The van der Waals surface area contributed by atoms with E-state index in [0.717, 1.165) is 5.56 Å². The number of pyridine rings is 2. The summed E-state index contributed by atoms with van der Waals surface area (Å²) in [5.74, 6) is -0.510. The smallest absolute Gasteiger partial charge is 0.349 e. The van der Waals surface area contributed by atoms with E-state index in [1.54, 1.807) is 23.2 Å². The van der Waals surface area contributed by atoms with Gasteiger partial charge in [0.1, 0.15) is 11.6 Å². The number of benzene rings is 1. The van der Waals surface area contributed by atoms with Gasteiger partial charge in [0, 0.05) is 43.0 Å². The molecule has 4 aromatic rings. The van der Waals surface area contributed by atoms with Gasteiger partial charge in [0.05, 0.1) is 27.5 Å². The second kappa shape index (κ2) is 12.0. The van der Waals surface area contributed by atoms with Crippen molar-refractivity contribution in [2.24, 2.45) is 0 Å². The van der Waals surface area contributed by atoms with E-state index >= 15 is 4.39 Å². The van der Waals surface area contributed by atoms with Gasteiger partial charge in [-0.3, -0.25) is 14.6 Å². The third-order valence-corrected chi connectivity index (χ3v) is 8.14. The molecule has 0 bridgehead atoms. The summed E-state index contributed by atoms with van der Waals surface area (Å²) in [6.45, 7) is 12.7. The summed E-state index contributed by atoms with van der Waals surface area (Å²) in [6.07, 6.45) is 4.19. The topological polar surface area (TPSA) is 101 Å². The van der Waals surface area contributed by atoms with Crippen LogP contribution in [0.3, 0.4) is 0 Å². The molecule has 0 unspecified atom stereocenters. The van der Waals surface area contributed by atoms with Gasteiger partial charge in [-0.2, -0.15) is 4.98 Å². The molecule has 1 aliphatic rings. The van der Waals surface area contributed by atoms with Crippen LogP contribution in [0.25, 0.3) is 28.0 Å². The number of piperazine rings is 1. The van der Waals surface area contributed by atoms with Gasteiger partial charge in [-0.05, 0) is 49.1 Å². The van der Waals surface area contributed by atoms with Gasteiger partial charge in [0.25, 0.3) is 0 Å². The number of fused-ring (bicyclic) bond motifs is 1. The quantitative estimate of drug-likeness (QED) is 0.204. The average Bonchev–Trinajstić information content (AvgIpc) is 3.00. The van der Waals surface area contributed by atoms with Gasteiger partial charge in [-0.15, -0.1) is 0 Å². The summed E-state index contributed by atoms with van der Waals surface area (Å²) in [6, 6.07) is 7.42. The van der Waals surface area contributed by atoms with Crippen LogP contribution in [0.2, 0.25) is 5.02 Å². The number of carbonyl (C=O) groups excluding carboxylic acids is 2. The lowest BCUT2D eigenvalue weighted by Crippen LogP contribution is -2.55. The Bertz CT molecular complexity index is 1820. The Labute approximate surface area is 253 Å². The molecule has 43 heavy (non-hydrogen) atoms. The normalized spacial score (nSPS) is 15.3. The van der Waals surface area contributed by atoms with Crippen molar-refractivity contribution in [1.82, 2.24) is 24.4 Å². The second-order valence-electron chi connectivity index (χ2n) is 10.8. The van der Waals surface area contributed by atoms with E-state index in [1.165, 1.54) is 28.8 Å². The summed E-state index contributed by atoms with van der Waals surface area (Å²) in [5, 5.41) is 0.562. The first-order valence-electron chi connectivity index (χ1n) is 14.1. The molecule has 0 radical (unpaired) electrons. The minimum Gasteiger partial charge on any atom is -0.349 e. The number of amides is 1. The average molecular weight is 603 g/mol. The Kier molecular flexibility index (Phi) is 8.41. The maximum Gasteiger partial charge on any atom is 0.355 e. The minimum atomic E-state index is -0.670. The molecule has 11 heteroatoms. The van der Waals surface area contributed by atoms with E-state index < -0.39 is 11.5 Å². The number of rotatable bonds is 7. The lowest BCUT2D eigenvalue weighted by Gasteiger charge is -2.42. The highest BCUT2D eigenvalue weighted by Gasteiger charge is 2.32. The lowest BCUT2D eigenvalue weighted by atomic mass is 10.0. The summed E-state index contributed by atoms with van der Waals surface area (Å²) in [4.78, 5) is 56.1. The number of hydrogen-bond donors (Lipinski definition) is 0. The van der Waals surface area contributed by atoms with Crippen molar-refractivity contribution in [3.05, 3.63) is 87.3 Å². The Balaban J connectivity index is 1.86.